The van der Waals surface area contributed by atoms with Gasteiger partial charge in [-0.25, -0.2) is 0 Å². The van der Waals surface area contributed by atoms with E-state index in [0.29, 0.717) is 0 Å². The van der Waals surface area contributed by atoms with E-state index < -0.39 is 0 Å². The van der Waals surface area contributed by atoms with Gasteiger partial charge in [-0.3, -0.25) is 0 Å². The summed E-state index contributed by atoms with van der Waals surface area (Å²) in [5, 5.41) is 4.11. The van der Waals surface area contributed by atoms with Crippen LogP contribution in [0.4, 0.5) is 5.69 Å². The van der Waals surface area contributed by atoms with Gasteiger partial charge in [0, 0.05) is 10.7 Å². The van der Waals surface area contributed by atoms with E-state index in [1.807, 2.05) is 44.2 Å². The molecule has 0 aliphatic heterocycles. The largest absolute Gasteiger partial charge is 0.489 e. The number of ether oxygens (including phenoxy) is 1. The van der Waals surface area contributed by atoms with Crippen LogP contribution in [0, 0.1) is 13.8 Å². The van der Waals surface area contributed by atoms with E-state index in [4.69, 9.17) is 16.3 Å². The van der Waals surface area contributed by atoms with Gasteiger partial charge < -0.3 is 10.1 Å². The Morgan fingerprint density at radius 2 is 1.80 bits per heavy atom. The maximum absolute atomic E-state index is 6.10. The Labute approximate surface area is 125 Å². The molecule has 106 valence electrons. The number of hydrogen-bond donors (Lipinski definition) is 1. The number of halogens is 1. The number of rotatable bonds is 5. The van der Waals surface area contributed by atoms with Crippen LogP contribution in [0.25, 0.3) is 0 Å². The van der Waals surface area contributed by atoms with Crippen LogP contribution in [0.2, 0.25) is 5.02 Å². The molecule has 1 N–H and O–H groups in total. The van der Waals surface area contributed by atoms with Crippen LogP contribution >= 0.6 is 11.6 Å². The standard InChI is InChI=1S/C17H20ClNO/c1-12-4-8-16(9-5-12)20-14(3)11-19-15-7-6-13(2)17(18)10-15/h4-10,14,19H,11H2,1-3H3/t14-/m1/s1. The van der Waals surface area contributed by atoms with Crippen LogP contribution in [0.5, 0.6) is 5.75 Å². The predicted octanol–water partition coefficient (Wildman–Crippen LogP) is 4.84. The molecule has 0 aliphatic rings. The van der Waals surface area contributed by atoms with Crippen LogP contribution in [0.1, 0.15) is 18.1 Å². The van der Waals surface area contributed by atoms with E-state index in [9.17, 15) is 0 Å². The average molecular weight is 290 g/mol. The zero-order chi connectivity index (χ0) is 14.5. The minimum Gasteiger partial charge on any atom is -0.489 e. The van der Waals surface area contributed by atoms with Crippen LogP contribution in [0.3, 0.4) is 0 Å². The van der Waals surface area contributed by atoms with Gasteiger partial charge in [-0.05, 0) is 50.6 Å². The Bertz CT molecular complexity index is 566. The molecular weight excluding hydrogens is 270 g/mol. The van der Waals surface area contributed by atoms with Crippen LogP contribution in [-0.2, 0) is 0 Å². The van der Waals surface area contributed by atoms with Crippen LogP contribution < -0.4 is 10.1 Å². The third-order valence-corrected chi connectivity index (χ3v) is 3.53. The fourth-order valence-corrected chi connectivity index (χ4v) is 2.04. The van der Waals surface area contributed by atoms with Gasteiger partial charge >= 0.3 is 0 Å². The average Bonchev–Trinajstić information content (AvgIpc) is 2.43. The van der Waals surface area contributed by atoms with Gasteiger partial charge in [-0.1, -0.05) is 35.4 Å². The van der Waals surface area contributed by atoms with Crippen LogP contribution in [-0.4, -0.2) is 12.6 Å². The molecule has 1 atom stereocenters. The predicted molar refractivity (Wildman–Crippen MR) is 85.9 cm³/mol. The number of hydrogen-bond acceptors (Lipinski definition) is 2. The quantitative estimate of drug-likeness (QED) is 0.851. The van der Waals surface area contributed by atoms with Crippen molar-refractivity contribution in [1.29, 1.82) is 0 Å². The molecule has 2 aromatic rings. The Morgan fingerprint density at radius 3 is 2.45 bits per heavy atom. The summed E-state index contributed by atoms with van der Waals surface area (Å²) in [4.78, 5) is 0. The summed E-state index contributed by atoms with van der Waals surface area (Å²) in [5.41, 5.74) is 3.33. The van der Waals surface area contributed by atoms with E-state index >= 15 is 0 Å². The van der Waals surface area contributed by atoms with Crippen molar-refractivity contribution in [2.75, 3.05) is 11.9 Å². The highest BCUT2D eigenvalue weighted by molar-refractivity contribution is 6.31. The second-order valence-electron chi connectivity index (χ2n) is 5.09. The molecule has 2 nitrogen and oxygen atoms in total. The molecule has 3 heteroatoms. The molecule has 0 heterocycles. The molecule has 2 aromatic carbocycles. The molecule has 2 rings (SSSR count). The van der Waals surface area contributed by atoms with E-state index in [1.54, 1.807) is 0 Å². The smallest absolute Gasteiger partial charge is 0.119 e. The molecule has 20 heavy (non-hydrogen) atoms. The number of aryl methyl sites for hydroxylation is 2. The second-order valence-corrected chi connectivity index (χ2v) is 5.49. The van der Waals surface area contributed by atoms with Gasteiger partial charge in [0.2, 0.25) is 0 Å². The highest BCUT2D eigenvalue weighted by atomic mass is 35.5. The Morgan fingerprint density at radius 1 is 1.10 bits per heavy atom. The fourth-order valence-electron chi connectivity index (χ4n) is 1.86. The first-order valence-corrected chi connectivity index (χ1v) is 7.16. The maximum Gasteiger partial charge on any atom is 0.119 e. The summed E-state index contributed by atoms with van der Waals surface area (Å²) in [6, 6.07) is 14.1. The third kappa shape index (κ3) is 4.17. The molecule has 0 bridgehead atoms. The topological polar surface area (TPSA) is 21.3 Å². The summed E-state index contributed by atoms with van der Waals surface area (Å²) in [7, 11) is 0. The van der Waals surface area contributed by atoms with Gasteiger partial charge in [-0.15, -0.1) is 0 Å². The lowest BCUT2D eigenvalue weighted by atomic mass is 10.2. The van der Waals surface area contributed by atoms with Crippen molar-refractivity contribution in [2.45, 2.75) is 26.9 Å². The lowest BCUT2D eigenvalue weighted by Crippen LogP contribution is -2.22. The highest BCUT2D eigenvalue weighted by Gasteiger charge is 2.04. The first-order chi connectivity index (χ1) is 9.54. The van der Waals surface area contributed by atoms with Gasteiger partial charge in [0.15, 0.2) is 0 Å². The van der Waals surface area contributed by atoms with E-state index in [2.05, 4.69) is 24.4 Å². The van der Waals surface area contributed by atoms with E-state index in [-0.39, 0.29) is 6.10 Å². The van der Waals surface area contributed by atoms with Gasteiger partial charge in [0.05, 0.1) is 6.54 Å². The molecule has 0 radical (unpaired) electrons. The number of benzene rings is 2. The Kier molecular flexibility index (Phi) is 4.91. The van der Waals surface area contributed by atoms with E-state index in [1.165, 1.54) is 5.56 Å². The monoisotopic (exact) mass is 289 g/mol. The Balaban J connectivity index is 1.86. The minimum atomic E-state index is 0.0813. The summed E-state index contributed by atoms with van der Waals surface area (Å²) in [6.07, 6.45) is 0.0813. The highest BCUT2D eigenvalue weighted by Crippen LogP contribution is 2.20. The van der Waals surface area contributed by atoms with E-state index in [0.717, 1.165) is 28.6 Å². The first kappa shape index (κ1) is 14.7. The molecule has 0 saturated carbocycles. The summed E-state index contributed by atoms with van der Waals surface area (Å²) in [5.74, 6) is 0.895. The number of nitrogens with one attached hydrogen (secondary N) is 1. The van der Waals surface area contributed by atoms with Crippen molar-refractivity contribution in [3.05, 3.63) is 58.6 Å². The van der Waals surface area contributed by atoms with Crippen molar-refractivity contribution < 1.29 is 4.74 Å². The van der Waals surface area contributed by atoms with Gasteiger partial charge in [0.25, 0.3) is 0 Å². The normalized spacial score (nSPS) is 12.0. The summed E-state index contributed by atoms with van der Waals surface area (Å²) in [6.45, 7) is 6.83. The zero-order valence-electron chi connectivity index (χ0n) is 12.1. The molecule has 0 aromatic heterocycles. The molecule has 0 spiro atoms. The molecular formula is C17H20ClNO. The third-order valence-electron chi connectivity index (χ3n) is 3.12. The second kappa shape index (κ2) is 6.67. The van der Waals surface area contributed by atoms with Crippen LogP contribution in [0.15, 0.2) is 42.5 Å². The summed E-state index contributed by atoms with van der Waals surface area (Å²) < 4.78 is 5.85. The molecule has 0 amide bonds. The fraction of sp³-hybridized carbons (Fsp3) is 0.294. The minimum absolute atomic E-state index is 0.0813. The summed E-state index contributed by atoms with van der Waals surface area (Å²) >= 11 is 6.10. The molecule has 0 unspecified atom stereocenters. The van der Waals surface area contributed by atoms with Crippen molar-refractivity contribution in [2.24, 2.45) is 0 Å². The SMILES string of the molecule is Cc1ccc(O[C@H](C)CNc2ccc(C)c(Cl)c2)cc1. The van der Waals surface area contributed by atoms with Gasteiger partial charge in [-0.2, -0.15) is 0 Å². The zero-order valence-corrected chi connectivity index (χ0v) is 12.9. The maximum atomic E-state index is 6.10. The molecule has 0 fully saturated rings. The van der Waals surface area contributed by atoms with Crippen molar-refractivity contribution in [3.8, 4) is 5.75 Å². The Hall–Kier alpha value is -1.67. The van der Waals surface area contributed by atoms with Crippen molar-refractivity contribution >= 4 is 17.3 Å². The van der Waals surface area contributed by atoms with Crippen molar-refractivity contribution in [3.63, 3.8) is 0 Å². The molecule has 0 saturated heterocycles. The first-order valence-electron chi connectivity index (χ1n) is 6.78. The molecule has 0 aliphatic carbocycles. The number of anilines is 1. The van der Waals surface area contributed by atoms with Gasteiger partial charge in [0.1, 0.15) is 11.9 Å². The van der Waals surface area contributed by atoms with Crippen molar-refractivity contribution in [1.82, 2.24) is 0 Å². The lowest BCUT2D eigenvalue weighted by molar-refractivity contribution is 0.234. The lowest BCUT2D eigenvalue weighted by Gasteiger charge is -2.16.